The molecule has 1 fully saturated rings. The molecule has 178 valence electrons. The van der Waals surface area contributed by atoms with Crippen LogP contribution in [0, 0.1) is 5.82 Å². The lowest BCUT2D eigenvalue weighted by atomic mass is 10.1. The van der Waals surface area contributed by atoms with Crippen LogP contribution in [-0.4, -0.2) is 35.2 Å². The minimum Gasteiger partial charge on any atom is -0.310 e. The molecule has 1 aliphatic carbocycles. The summed E-state index contributed by atoms with van der Waals surface area (Å²) in [6, 6.07) is 8.42. The number of rotatable bonds is 5. The number of benzene rings is 1. The monoisotopic (exact) mass is 472 g/mol. The molecule has 4 heterocycles. The highest BCUT2D eigenvalue weighted by Gasteiger charge is 2.29. The number of nitrogens with zero attached hydrogens (tertiary/aromatic N) is 6. The lowest BCUT2D eigenvalue weighted by Gasteiger charge is -2.13. The van der Waals surface area contributed by atoms with Gasteiger partial charge in [-0.25, -0.2) is 14.4 Å². The number of anilines is 1. The van der Waals surface area contributed by atoms with Crippen molar-refractivity contribution in [1.82, 2.24) is 34.6 Å². The third kappa shape index (κ3) is 3.99. The number of amides is 1. The van der Waals surface area contributed by atoms with E-state index >= 15 is 4.39 Å². The number of fused-ring (bicyclic) bond motifs is 3. The van der Waals surface area contributed by atoms with Crippen LogP contribution in [0.5, 0.6) is 0 Å². The Labute approximate surface area is 201 Å². The summed E-state index contributed by atoms with van der Waals surface area (Å²) in [7, 11) is 0. The van der Waals surface area contributed by atoms with Crippen LogP contribution >= 0.6 is 0 Å². The first-order valence-electron chi connectivity index (χ1n) is 11.8. The maximum absolute atomic E-state index is 15.1. The largest absolute Gasteiger partial charge is 0.310 e. The van der Waals surface area contributed by atoms with Crippen molar-refractivity contribution < 1.29 is 9.18 Å². The van der Waals surface area contributed by atoms with Gasteiger partial charge < -0.3 is 19.8 Å². The fraction of sp³-hybridized carbons (Fsp3) is 0.320. The van der Waals surface area contributed by atoms with E-state index in [1.807, 2.05) is 29.2 Å². The van der Waals surface area contributed by atoms with Crippen molar-refractivity contribution in [3.8, 4) is 17.2 Å². The highest BCUT2D eigenvalue weighted by Crippen LogP contribution is 2.40. The Kier molecular flexibility index (Phi) is 5.18. The Bertz CT molecular complexity index is 1440. The third-order valence-electron chi connectivity index (χ3n) is 6.41. The summed E-state index contributed by atoms with van der Waals surface area (Å²) in [4.78, 5) is 22.4. The zero-order valence-corrected chi connectivity index (χ0v) is 19.5. The fourth-order valence-corrected chi connectivity index (χ4v) is 4.42. The van der Waals surface area contributed by atoms with E-state index in [1.54, 1.807) is 30.6 Å². The molecule has 0 atom stereocenters. The number of nitrogens with one attached hydrogen (secondary N) is 2. The highest BCUT2D eigenvalue weighted by atomic mass is 19.1. The van der Waals surface area contributed by atoms with Crippen molar-refractivity contribution in [2.24, 2.45) is 0 Å². The number of halogens is 1. The van der Waals surface area contributed by atoms with E-state index < -0.39 is 11.7 Å². The molecule has 4 aromatic rings. The van der Waals surface area contributed by atoms with Crippen LogP contribution in [0.3, 0.4) is 0 Å². The molecular formula is C25H25FN8O. The van der Waals surface area contributed by atoms with E-state index in [2.05, 4.69) is 25.8 Å². The maximum atomic E-state index is 15.1. The Morgan fingerprint density at radius 2 is 2.06 bits per heavy atom. The molecule has 1 aliphatic heterocycles. The summed E-state index contributed by atoms with van der Waals surface area (Å²) in [6.45, 7) is 5.13. The molecule has 3 aromatic heterocycles. The van der Waals surface area contributed by atoms with Gasteiger partial charge in [0.2, 0.25) is 0 Å². The molecule has 0 bridgehead atoms. The number of imidazole rings is 1. The van der Waals surface area contributed by atoms with Gasteiger partial charge in [-0.15, -0.1) is 10.2 Å². The zero-order valence-electron chi connectivity index (χ0n) is 19.5. The van der Waals surface area contributed by atoms with Crippen molar-refractivity contribution in [2.45, 2.75) is 51.7 Å². The zero-order chi connectivity index (χ0) is 24.1. The lowest BCUT2D eigenvalue weighted by molar-refractivity contribution is 0.102. The highest BCUT2D eigenvalue weighted by molar-refractivity contribution is 6.04. The van der Waals surface area contributed by atoms with E-state index in [9.17, 15) is 4.79 Å². The second-order valence-electron chi connectivity index (χ2n) is 9.31. The first kappa shape index (κ1) is 21.6. The smallest absolute Gasteiger partial charge is 0.259 e. The van der Waals surface area contributed by atoms with E-state index in [-0.39, 0.29) is 11.6 Å². The number of hydrogen-bond acceptors (Lipinski definition) is 6. The number of pyridine rings is 1. The Balaban J connectivity index is 1.32. The van der Waals surface area contributed by atoms with Crippen LogP contribution < -0.4 is 10.6 Å². The molecule has 2 aliphatic rings. The molecule has 0 saturated heterocycles. The molecule has 1 aromatic carbocycles. The SMILES string of the molecule is CC(C)n1cnnc1-c1cccc(NC(=O)c2cc3c(cc2F)CNCc2nc(C4CC4)cn2-3)n1. The topological polar surface area (TPSA) is 103 Å². The summed E-state index contributed by atoms with van der Waals surface area (Å²) in [5, 5.41) is 14.2. The molecule has 0 radical (unpaired) electrons. The van der Waals surface area contributed by atoms with Crippen molar-refractivity contribution in [3.63, 3.8) is 0 Å². The van der Waals surface area contributed by atoms with Crippen molar-refractivity contribution >= 4 is 11.7 Å². The number of carbonyl (C=O) groups is 1. The second-order valence-corrected chi connectivity index (χ2v) is 9.31. The summed E-state index contributed by atoms with van der Waals surface area (Å²) in [5.74, 6) is 1.12. The summed E-state index contributed by atoms with van der Waals surface area (Å²) in [6.07, 6.45) is 5.96. The number of carbonyl (C=O) groups excluding carboxylic acids is 1. The Hall–Kier alpha value is -3.92. The molecule has 1 amide bonds. The Morgan fingerprint density at radius 1 is 1.20 bits per heavy atom. The van der Waals surface area contributed by atoms with Gasteiger partial charge in [-0.05, 0) is 56.5 Å². The Morgan fingerprint density at radius 3 is 2.86 bits per heavy atom. The van der Waals surface area contributed by atoms with Crippen molar-refractivity contribution in [1.29, 1.82) is 0 Å². The third-order valence-corrected chi connectivity index (χ3v) is 6.41. The molecule has 10 heteroatoms. The number of aromatic nitrogens is 6. The first-order valence-corrected chi connectivity index (χ1v) is 11.8. The molecule has 9 nitrogen and oxygen atoms in total. The van der Waals surface area contributed by atoms with Gasteiger partial charge in [0.25, 0.3) is 5.91 Å². The number of hydrogen-bond donors (Lipinski definition) is 2. The predicted octanol–water partition coefficient (Wildman–Crippen LogP) is 3.98. The van der Waals surface area contributed by atoms with Gasteiger partial charge in [0.05, 0.1) is 23.5 Å². The molecule has 0 unspecified atom stereocenters. The average Bonchev–Trinajstić information content (AvgIpc) is 3.45. The normalized spacial score (nSPS) is 15.0. The molecule has 1 saturated carbocycles. The van der Waals surface area contributed by atoms with Crippen LogP contribution in [0.2, 0.25) is 0 Å². The summed E-state index contributed by atoms with van der Waals surface area (Å²) < 4.78 is 19.0. The van der Waals surface area contributed by atoms with Crippen molar-refractivity contribution in [2.75, 3.05) is 5.32 Å². The molecule has 0 spiro atoms. The average molecular weight is 473 g/mol. The summed E-state index contributed by atoms with van der Waals surface area (Å²) in [5.41, 5.74) is 3.13. The van der Waals surface area contributed by atoms with E-state index in [4.69, 9.17) is 4.98 Å². The van der Waals surface area contributed by atoms with Gasteiger partial charge in [-0.3, -0.25) is 4.79 Å². The minimum atomic E-state index is -0.579. The fourth-order valence-electron chi connectivity index (χ4n) is 4.42. The molecule has 6 rings (SSSR count). The van der Waals surface area contributed by atoms with E-state index in [1.165, 1.54) is 6.07 Å². The predicted molar refractivity (Wildman–Crippen MR) is 128 cm³/mol. The molecular weight excluding hydrogens is 447 g/mol. The maximum Gasteiger partial charge on any atom is 0.259 e. The molecule has 35 heavy (non-hydrogen) atoms. The van der Waals surface area contributed by atoms with Gasteiger partial charge in [0.15, 0.2) is 5.82 Å². The second kappa shape index (κ2) is 8.38. The quantitative estimate of drug-likeness (QED) is 0.456. The molecule has 2 N–H and O–H groups in total. The van der Waals surface area contributed by atoms with Crippen molar-refractivity contribution in [3.05, 3.63) is 71.3 Å². The van der Waals surface area contributed by atoms with Gasteiger partial charge in [0, 0.05) is 24.7 Å². The van der Waals surface area contributed by atoms with E-state index in [0.717, 1.165) is 35.6 Å². The van der Waals surface area contributed by atoms with E-state index in [0.29, 0.717) is 36.3 Å². The van der Waals surface area contributed by atoms with Gasteiger partial charge >= 0.3 is 0 Å². The van der Waals surface area contributed by atoms with Crippen LogP contribution in [0.4, 0.5) is 10.2 Å². The van der Waals surface area contributed by atoms with Crippen LogP contribution in [0.25, 0.3) is 17.2 Å². The van der Waals surface area contributed by atoms with Gasteiger partial charge in [0.1, 0.15) is 29.5 Å². The standard InChI is InChI=1S/C25H25FN8O/c1-14(2)34-13-28-32-24(34)19-4-3-5-22(29-19)31-25(35)17-9-21-16(8-18(17)26)10-27-11-23-30-20(12-33(21)23)15-6-7-15/h3-5,8-9,12-15,27H,6-7,10-11H2,1-2H3,(H,29,31,35). The minimum absolute atomic E-state index is 0.0455. The lowest BCUT2D eigenvalue weighted by Crippen LogP contribution is -2.17. The summed E-state index contributed by atoms with van der Waals surface area (Å²) >= 11 is 0. The van der Waals surface area contributed by atoms with Gasteiger partial charge in [-0.2, -0.15) is 0 Å². The van der Waals surface area contributed by atoms with Gasteiger partial charge in [-0.1, -0.05) is 6.07 Å². The first-order chi connectivity index (χ1) is 17.0. The van der Waals surface area contributed by atoms with Crippen LogP contribution in [0.15, 0.2) is 42.9 Å². The van der Waals surface area contributed by atoms with Crippen LogP contribution in [-0.2, 0) is 13.1 Å². The van der Waals surface area contributed by atoms with Crippen LogP contribution in [0.1, 0.15) is 66.1 Å².